The van der Waals surface area contributed by atoms with E-state index in [2.05, 4.69) is 5.32 Å². The summed E-state index contributed by atoms with van der Waals surface area (Å²) in [6.45, 7) is 1.82. The topological polar surface area (TPSA) is 56.8 Å². The first-order valence-corrected chi connectivity index (χ1v) is 8.07. The van der Waals surface area contributed by atoms with Gasteiger partial charge in [0.25, 0.3) is 5.91 Å². The van der Waals surface area contributed by atoms with Crippen molar-refractivity contribution in [3.63, 3.8) is 0 Å². The van der Waals surface area contributed by atoms with Crippen molar-refractivity contribution in [2.45, 2.75) is 12.8 Å². The van der Waals surface area contributed by atoms with Crippen molar-refractivity contribution in [1.82, 2.24) is 5.32 Å². The van der Waals surface area contributed by atoms with Crippen molar-refractivity contribution in [2.24, 2.45) is 0 Å². The van der Waals surface area contributed by atoms with Gasteiger partial charge >= 0.3 is 0 Å². The number of ether oxygens (including phenoxy) is 3. The van der Waals surface area contributed by atoms with Gasteiger partial charge in [-0.05, 0) is 54.4 Å². The minimum absolute atomic E-state index is 0.0610. The summed E-state index contributed by atoms with van der Waals surface area (Å²) in [6, 6.07) is 13.0. The molecule has 0 aliphatic carbocycles. The van der Waals surface area contributed by atoms with E-state index in [-0.39, 0.29) is 5.91 Å². The lowest BCUT2D eigenvalue weighted by molar-refractivity contribution is 0.0951. The molecule has 0 saturated heterocycles. The van der Waals surface area contributed by atoms with E-state index >= 15 is 0 Å². The molecule has 1 aliphatic rings. The smallest absolute Gasteiger partial charge is 0.251 e. The predicted molar refractivity (Wildman–Crippen MR) is 91.1 cm³/mol. The highest BCUT2D eigenvalue weighted by Gasteiger charge is 2.14. The number of methoxy groups -OCH3 is 1. The third kappa shape index (κ3) is 3.98. The normalized spacial score (nSPS) is 12.2. The van der Waals surface area contributed by atoms with E-state index in [0.29, 0.717) is 25.3 Å². The van der Waals surface area contributed by atoms with Crippen molar-refractivity contribution in [3.8, 4) is 17.2 Å². The van der Waals surface area contributed by atoms with E-state index in [4.69, 9.17) is 14.2 Å². The molecule has 5 heteroatoms. The van der Waals surface area contributed by atoms with Gasteiger partial charge in [-0.25, -0.2) is 0 Å². The number of hydrogen-bond acceptors (Lipinski definition) is 4. The number of amides is 1. The molecule has 0 fully saturated rings. The number of benzene rings is 2. The Bertz CT molecular complexity index is 697. The van der Waals surface area contributed by atoms with Gasteiger partial charge in [-0.1, -0.05) is 0 Å². The first kappa shape index (κ1) is 16.2. The van der Waals surface area contributed by atoms with E-state index in [9.17, 15) is 4.79 Å². The largest absolute Gasteiger partial charge is 0.497 e. The summed E-state index contributed by atoms with van der Waals surface area (Å²) in [5.74, 6) is 2.42. The van der Waals surface area contributed by atoms with Crippen LogP contribution in [0.1, 0.15) is 22.3 Å². The second kappa shape index (κ2) is 7.73. The van der Waals surface area contributed by atoms with Crippen LogP contribution in [0.25, 0.3) is 0 Å². The lowest BCUT2D eigenvalue weighted by Gasteiger charge is -2.08. The maximum Gasteiger partial charge on any atom is 0.251 e. The van der Waals surface area contributed by atoms with Gasteiger partial charge in [-0.2, -0.15) is 0 Å². The molecule has 1 amide bonds. The second-order valence-corrected chi connectivity index (χ2v) is 5.55. The van der Waals surface area contributed by atoms with Crippen LogP contribution in [-0.4, -0.2) is 32.8 Å². The number of hydrogen-bond donors (Lipinski definition) is 1. The summed E-state index contributed by atoms with van der Waals surface area (Å²) in [5.41, 5.74) is 1.78. The van der Waals surface area contributed by atoms with E-state index in [1.165, 1.54) is 0 Å². The number of carbonyl (C=O) groups excluding carboxylic acids is 1. The summed E-state index contributed by atoms with van der Waals surface area (Å²) >= 11 is 0. The van der Waals surface area contributed by atoms with Crippen LogP contribution in [-0.2, 0) is 6.42 Å². The fraction of sp³-hybridized carbons (Fsp3) is 0.316. The Morgan fingerprint density at radius 2 is 1.96 bits per heavy atom. The van der Waals surface area contributed by atoms with Gasteiger partial charge in [-0.15, -0.1) is 0 Å². The first-order chi connectivity index (χ1) is 11.8. The molecule has 5 nitrogen and oxygen atoms in total. The van der Waals surface area contributed by atoms with Gasteiger partial charge in [0.15, 0.2) is 0 Å². The van der Waals surface area contributed by atoms with Gasteiger partial charge < -0.3 is 19.5 Å². The summed E-state index contributed by atoms with van der Waals surface area (Å²) in [7, 11) is 1.63. The quantitative estimate of drug-likeness (QED) is 0.795. The van der Waals surface area contributed by atoms with Crippen LogP contribution in [0.3, 0.4) is 0 Å². The van der Waals surface area contributed by atoms with Crippen molar-refractivity contribution in [3.05, 3.63) is 53.6 Å². The highest BCUT2D eigenvalue weighted by atomic mass is 16.5. The van der Waals surface area contributed by atoms with Crippen molar-refractivity contribution >= 4 is 5.91 Å². The molecule has 0 radical (unpaired) electrons. The Hall–Kier alpha value is -2.69. The molecule has 0 saturated carbocycles. The SMILES string of the molecule is COc1ccc(OCCCNC(=O)c2ccc3c(c2)CCO3)cc1. The molecule has 0 aromatic heterocycles. The molecule has 0 spiro atoms. The molecule has 0 unspecified atom stereocenters. The number of nitrogens with one attached hydrogen (secondary N) is 1. The van der Waals surface area contributed by atoms with Gasteiger partial charge in [-0.3, -0.25) is 4.79 Å². The van der Waals surface area contributed by atoms with Crippen LogP contribution in [0, 0.1) is 0 Å². The minimum atomic E-state index is -0.0610. The van der Waals surface area contributed by atoms with Gasteiger partial charge in [0.1, 0.15) is 17.2 Å². The zero-order valence-electron chi connectivity index (χ0n) is 13.7. The standard InChI is InChI=1S/C19H21NO4/c1-22-16-4-6-17(7-5-16)23-11-2-10-20-19(21)15-3-8-18-14(13-15)9-12-24-18/h3-8,13H,2,9-12H2,1H3,(H,20,21). The molecule has 3 rings (SSSR count). The van der Waals surface area contributed by atoms with Crippen molar-refractivity contribution < 1.29 is 19.0 Å². The van der Waals surface area contributed by atoms with E-state index < -0.39 is 0 Å². The molecule has 2 aromatic carbocycles. The lowest BCUT2D eigenvalue weighted by atomic mass is 10.1. The number of carbonyl (C=O) groups is 1. The average Bonchev–Trinajstić information content (AvgIpc) is 3.09. The molecule has 0 bridgehead atoms. The molecular weight excluding hydrogens is 306 g/mol. The van der Waals surface area contributed by atoms with Crippen LogP contribution in [0.2, 0.25) is 0 Å². The first-order valence-electron chi connectivity index (χ1n) is 8.07. The van der Waals surface area contributed by atoms with Crippen LogP contribution < -0.4 is 19.5 Å². The Morgan fingerprint density at radius 3 is 2.75 bits per heavy atom. The fourth-order valence-electron chi connectivity index (χ4n) is 2.57. The third-order valence-electron chi connectivity index (χ3n) is 3.89. The van der Waals surface area contributed by atoms with Crippen molar-refractivity contribution in [2.75, 3.05) is 26.9 Å². The predicted octanol–water partition coefficient (Wildman–Crippen LogP) is 2.83. The Kier molecular flexibility index (Phi) is 5.21. The Balaban J connectivity index is 1.39. The fourth-order valence-corrected chi connectivity index (χ4v) is 2.57. The Labute approximate surface area is 141 Å². The highest BCUT2D eigenvalue weighted by molar-refractivity contribution is 5.94. The highest BCUT2D eigenvalue weighted by Crippen LogP contribution is 2.25. The molecular formula is C19H21NO4. The third-order valence-corrected chi connectivity index (χ3v) is 3.89. The maximum atomic E-state index is 12.1. The summed E-state index contributed by atoms with van der Waals surface area (Å²) in [5, 5.41) is 2.91. The zero-order valence-corrected chi connectivity index (χ0v) is 13.7. The molecule has 0 atom stereocenters. The van der Waals surface area contributed by atoms with Gasteiger partial charge in [0.2, 0.25) is 0 Å². The zero-order chi connectivity index (χ0) is 16.8. The summed E-state index contributed by atoms with van der Waals surface area (Å²) in [6.07, 6.45) is 1.61. The Morgan fingerprint density at radius 1 is 1.17 bits per heavy atom. The minimum Gasteiger partial charge on any atom is -0.497 e. The molecule has 126 valence electrons. The van der Waals surface area contributed by atoms with Crippen LogP contribution in [0.4, 0.5) is 0 Å². The number of fused-ring (bicyclic) bond motifs is 1. The van der Waals surface area contributed by atoms with Crippen molar-refractivity contribution in [1.29, 1.82) is 0 Å². The monoisotopic (exact) mass is 327 g/mol. The summed E-state index contributed by atoms with van der Waals surface area (Å²) in [4.78, 5) is 12.1. The summed E-state index contributed by atoms with van der Waals surface area (Å²) < 4.78 is 16.2. The van der Waals surface area contributed by atoms with E-state index in [1.807, 2.05) is 36.4 Å². The van der Waals surface area contributed by atoms with Crippen LogP contribution in [0.15, 0.2) is 42.5 Å². The van der Waals surface area contributed by atoms with E-state index in [1.54, 1.807) is 13.2 Å². The van der Waals surface area contributed by atoms with E-state index in [0.717, 1.165) is 35.7 Å². The van der Waals surface area contributed by atoms with Gasteiger partial charge in [0.05, 0.1) is 20.3 Å². The molecule has 1 N–H and O–H groups in total. The molecule has 1 aliphatic heterocycles. The van der Waals surface area contributed by atoms with Crippen LogP contribution in [0.5, 0.6) is 17.2 Å². The van der Waals surface area contributed by atoms with Gasteiger partial charge in [0, 0.05) is 18.5 Å². The second-order valence-electron chi connectivity index (χ2n) is 5.55. The maximum absolute atomic E-state index is 12.1. The molecule has 24 heavy (non-hydrogen) atoms. The molecule has 1 heterocycles. The lowest BCUT2D eigenvalue weighted by Crippen LogP contribution is -2.25. The average molecular weight is 327 g/mol. The van der Waals surface area contributed by atoms with Crippen LogP contribution >= 0.6 is 0 Å². The number of rotatable bonds is 7. The molecule has 2 aromatic rings.